The fourth-order valence-corrected chi connectivity index (χ4v) is 2.09. The van der Waals surface area contributed by atoms with Crippen LogP contribution >= 0.6 is 0 Å². The molecule has 0 spiro atoms. The molecule has 6 nitrogen and oxygen atoms in total. The Kier molecular flexibility index (Phi) is 5.30. The standard InChI is InChI=1S/C18H12F3N3O3/c19-18(20,21)14-5-1-3-12(9-14)6-7-16(25)26-11-15-23-17(24-27-15)13-4-2-8-22-10-13/h1-10H,11H2. The Balaban J connectivity index is 1.57. The second kappa shape index (κ2) is 7.81. The minimum atomic E-state index is -4.45. The van der Waals surface area contributed by atoms with Gasteiger partial charge in [0.1, 0.15) is 0 Å². The van der Waals surface area contributed by atoms with Crippen molar-refractivity contribution < 1.29 is 27.2 Å². The molecule has 9 heteroatoms. The predicted octanol–water partition coefficient (Wildman–Crippen LogP) is 3.91. The van der Waals surface area contributed by atoms with E-state index in [9.17, 15) is 18.0 Å². The SMILES string of the molecule is O=C(C=Cc1cccc(C(F)(F)F)c1)OCc1nc(-c2cccnc2)no1. The first-order valence-electron chi connectivity index (χ1n) is 7.67. The first kappa shape index (κ1) is 18.3. The van der Waals surface area contributed by atoms with Crippen LogP contribution in [0.15, 0.2) is 59.4 Å². The van der Waals surface area contributed by atoms with Crippen molar-refractivity contribution in [1.29, 1.82) is 0 Å². The van der Waals surface area contributed by atoms with E-state index in [4.69, 9.17) is 9.26 Å². The summed E-state index contributed by atoms with van der Waals surface area (Å²) in [5.74, 6) is -0.378. The average molecular weight is 375 g/mol. The Morgan fingerprint density at radius 1 is 1.22 bits per heavy atom. The van der Waals surface area contributed by atoms with Crippen LogP contribution in [0.25, 0.3) is 17.5 Å². The number of ether oxygens (including phenoxy) is 1. The molecule has 3 aromatic rings. The van der Waals surface area contributed by atoms with Gasteiger partial charge >= 0.3 is 12.1 Å². The molecule has 0 saturated carbocycles. The topological polar surface area (TPSA) is 78.1 Å². The lowest BCUT2D eigenvalue weighted by Gasteiger charge is -2.06. The van der Waals surface area contributed by atoms with E-state index in [1.54, 1.807) is 24.5 Å². The highest BCUT2D eigenvalue weighted by molar-refractivity contribution is 5.87. The van der Waals surface area contributed by atoms with Gasteiger partial charge in [0, 0.05) is 24.0 Å². The maximum Gasteiger partial charge on any atom is 0.416 e. The summed E-state index contributed by atoms with van der Waals surface area (Å²) in [6.07, 6.45) is 0.954. The highest BCUT2D eigenvalue weighted by Gasteiger charge is 2.30. The lowest BCUT2D eigenvalue weighted by molar-refractivity contribution is -0.139. The quantitative estimate of drug-likeness (QED) is 0.497. The van der Waals surface area contributed by atoms with Crippen molar-refractivity contribution in [2.75, 3.05) is 0 Å². The van der Waals surface area contributed by atoms with Gasteiger partial charge in [-0.2, -0.15) is 18.2 Å². The Hall–Kier alpha value is -3.49. The number of nitrogens with zero attached hydrogens (tertiary/aromatic N) is 3. The zero-order valence-electron chi connectivity index (χ0n) is 13.7. The van der Waals surface area contributed by atoms with Crippen LogP contribution < -0.4 is 0 Å². The minimum absolute atomic E-state index is 0.0784. The third-order valence-electron chi connectivity index (χ3n) is 3.35. The van der Waals surface area contributed by atoms with Crippen molar-refractivity contribution in [2.24, 2.45) is 0 Å². The van der Waals surface area contributed by atoms with Gasteiger partial charge in [0.15, 0.2) is 6.61 Å². The van der Waals surface area contributed by atoms with Gasteiger partial charge in [0.25, 0.3) is 5.89 Å². The molecule has 0 radical (unpaired) electrons. The lowest BCUT2D eigenvalue weighted by Crippen LogP contribution is -2.04. The highest BCUT2D eigenvalue weighted by Crippen LogP contribution is 2.29. The number of benzene rings is 1. The van der Waals surface area contributed by atoms with Crippen LogP contribution in [0.4, 0.5) is 13.2 Å². The number of esters is 1. The zero-order chi connectivity index (χ0) is 19.3. The first-order chi connectivity index (χ1) is 12.9. The van der Waals surface area contributed by atoms with Crippen molar-refractivity contribution >= 4 is 12.0 Å². The summed E-state index contributed by atoms with van der Waals surface area (Å²) in [5, 5.41) is 3.75. The van der Waals surface area contributed by atoms with Crippen molar-refractivity contribution in [3.05, 3.63) is 71.9 Å². The lowest BCUT2D eigenvalue weighted by atomic mass is 10.1. The number of aromatic nitrogens is 3. The molecule has 138 valence electrons. The first-order valence-corrected chi connectivity index (χ1v) is 7.67. The molecule has 0 aliphatic heterocycles. The summed E-state index contributed by atoms with van der Waals surface area (Å²) in [6, 6.07) is 8.03. The van der Waals surface area contributed by atoms with Gasteiger partial charge in [-0.05, 0) is 35.9 Å². The molecule has 0 aliphatic carbocycles. The second-order valence-electron chi connectivity index (χ2n) is 5.32. The predicted molar refractivity (Wildman–Crippen MR) is 87.8 cm³/mol. The van der Waals surface area contributed by atoms with Crippen molar-refractivity contribution in [2.45, 2.75) is 12.8 Å². The molecule has 0 fully saturated rings. The molecule has 0 unspecified atom stereocenters. The Labute approximate surface area is 151 Å². The Morgan fingerprint density at radius 3 is 2.81 bits per heavy atom. The number of carbonyl (C=O) groups excluding carboxylic acids is 1. The molecule has 3 rings (SSSR count). The van der Waals surface area contributed by atoms with Gasteiger partial charge < -0.3 is 9.26 Å². The Bertz CT molecular complexity index is 953. The van der Waals surface area contributed by atoms with Crippen LogP contribution in [0.5, 0.6) is 0 Å². The van der Waals surface area contributed by atoms with E-state index in [1.807, 2.05) is 0 Å². The molecule has 0 amide bonds. The molecule has 1 aromatic carbocycles. The van der Waals surface area contributed by atoms with Gasteiger partial charge in [0.05, 0.1) is 5.56 Å². The molecule has 27 heavy (non-hydrogen) atoms. The van der Waals surface area contributed by atoms with Crippen LogP contribution in [0.1, 0.15) is 17.0 Å². The maximum atomic E-state index is 12.7. The number of hydrogen-bond acceptors (Lipinski definition) is 6. The van der Waals surface area contributed by atoms with Crippen molar-refractivity contribution in [3.8, 4) is 11.4 Å². The molecule has 2 aromatic heterocycles. The molecular formula is C18H12F3N3O3. The number of alkyl halides is 3. The van der Waals surface area contributed by atoms with Crippen molar-refractivity contribution in [1.82, 2.24) is 15.1 Å². The smallest absolute Gasteiger partial charge is 0.416 e. The number of hydrogen-bond donors (Lipinski definition) is 0. The maximum absolute atomic E-state index is 12.7. The van der Waals surface area contributed by atoms with E-state index in [-0.39, 0.29) is 18.1 Å². The van der Waals surface area contributed by atoms with Crippen LogP contribution in [0.2, 0.25) is 0 Å². The summed E-state index contributed by atoms with van der Waals surface area (Å²) in [6.45, 7) is -0.265. The van der Waals surface area contributed by atoms with E-state index >= 15 is 0 Å². The van der Waals surface area contributed by atoms with E-state index in [0.29, 0.717) is 11.4 Å². The molecule has 0 aliphatic rings. The van der Waals surface area contributed by atoms with E-state index in [2.05, 4.69) is 15.1 Å². The van der Waals surface area contributed by atoms with Crippen LogP contribution in [-0.2, 0) is 22.3 Å². The zero-order valence-corrected chi connectivity index (χ0v) is 13.7. The van der Waals surface area contributed by atoms with Crippen molar-refractivity contribution in [3.63, 3.8) is 0 Å². The monoisotopic (exact) mass is 375 g/mol. The summed E-state index contributed by atoms with van der Waals surface area (Å²) in [5.41, 5.74) is 0.0634. The van der Waals surface area contributed by atoms with Crippen LogP contribution in [-0.4, -0.2) is 21.1 Å². The van der Waals surface area contributed by atoms with Gasteiger partial charge in [-0.1, -0.05) is 17.3 Å². The summed E-state index contributed by atoms with van der Waals surface area (Å²) in [7, 11) is 0. The van der Waals surface area contributed by atoms with Crippen LogP contribution in [0, 0.1) is 0 Å². The largest absolute Gasteiger partial charge is 0.452 e. The van der Waals surface area contributed by atoms with E-state index in [1.165, 1.54) is 18.2 Å². The van der Waals surface area contributed by atoms with Crippen LogP contribution in [0.3, 0.4) is 0 Å². The summed E-state index contributed by atoms with van der Waals surface area (Å²) in [4.78, 5) is 19.7. The highest BCUT2D eigenvalue weighted by atomic mass is 19.4. The summed E-state index contributed by atoms with van der Waals surface area (Å²) < 4.78 is 47.9. The number of pyridine rings is 1. The minimum Gasteiger partial charge on any atom is -0.452 e. The van der Waals surface area contributed by atoms with Gasteiger partial charge in [-0.15, -0.1) is 0 Å². The third kappa shape index (κ3) is 5.00. The van der Waals surface area contributed by atoms with Gasteiger partial charge in [-0.3, -0.25) is 4.98 Å². The van der Waals surface area contributed by atoms with E-state index < -0.39 is 17.7 Å². The normalized spacial score (nSPS) is 11.7. The fraction of sp³-hybridized carbons (Fsp3) is 0.111. The number of halogens is 3. The molecule has 0 N–H and O–H groups in total. The molecule has 0 saturated heterocycles. The molecule has 0 bridgehead atoms. The summed E-state index contributed by atoms with van der Waals surface area (Å²) >= 11 is 0. The number of carbonyl (C=O) groups is 1. The Morgan fingerprint density at radius 2 is 2.07 bits per heavy atom. The van der Waals surface area contributed by atoms with Gasteiger partial charge in [0.2, 0.25) is 5.82 Å². The molecular weight excluding hydrogens is 363 g/mol. The third-order valence-corrected chi connectivity index (χ3v) is 3.35. The van der Waals surface area contributed by atoms with E-state index in [0.717, 1.165) is 18.2 Å². The average Bonchev–Trinajstić information content (AvgIpc) is 3.14. The fourth-order valence-electron chi connectivity index (χ4n) is 2.09. The van der Waals surface area contributed by atoms with Gasteiger partial charge in [-0.25, -0.2) is 4.79 Å². The number of rotatable bonds is 5. The molecule has 0 atom stereocenters. The molecule has 2 heterocycles. The second-order valence-corrected chi connectivity index (χ2v) is 5.32.